The third-order valence-electron chi connectivity index (χ3n) is 3.23. The topological polar surface area (TPSA) is 22.1 Å². The molecule has 0 atom stereocenters. The van der Waals surface area contributed by atoms with Crippen molar-refractivity contribution in [3.8, 4) is 5.75 Å². The highest BCUT2D eigenvalue weighted by Crippen LogP contribution is 2.17. The lowest BCUT2D eigenvalue weighted by Crippen LogP contribution is -1.92. The second-order valence-electron chi connectivity index (χ2n) is 4.55. The van der Waals surface area contributed by atoms with Gasteiger partial charge >= 0.3 is 0 Å². The largest absolute Gasteiger partial charge is 0.497 e. The van der Waals surface area contributed by atoms with Crippen molar-refractivity contribution in [2.45, 2.75) is 6.42 Å². The van der Waals surface area contributed by atoms with Crippen LogP contribution in [-0.4, -0.2) is 12.1 Å². The van der Waals surface area contributed by atoms with E-state index < -0.39 is 0 Å². The van der Waals surface area contributed by atoms with E-state index in [0.717, 1.165) is 17.9 Å². The molecular weight excluding hydrogens is 234 g/mol. The van der Waals surface area contributed by atoms with Crippen LogP contribution in [0.15, 0.2) is 60.8 Å². The van der Waals surface area contributed by atoms with Gasteiger partial charge in [-0.2, -0.15) is 0 Å². The van der Waals surface area contributed by atoms with E-state index in [0.29, 0.717) is 0 Å². The van der Waals surface area contributed by atoms with Gasteiger partial charge in [0.1, 0.15) is 5.75 Å². The fourth-order valence-electron chi connectivity index (χ4n) is 2.18. The molecule has 0 spiro atoms. The van der Waals surface area contributed by atoms with Gasteiger partial charge in [0.05, 0.1) is 7.11 Å². The number of rotatable bonds is 3. The highest BCUT2D eigenvalue weighted by Gasteiger charge is 2.00. The van der Waals surface area contributed by atoms with Crippen molar-refractivity contribution < 1.29 is 4.74 Å². The van der Waals surface area contributed by atoms with Crippen molar-refractivity contribution in [2.75, 3.05) is 7.11 Å². The van der Waals surface area contributed by atoms with E-state index in [2.05, 4.69) is 41.4 Å². The summed E-state index contributed by atoms with van der Waals surface area (Å²) in [4.78, 5) is 4.51. The second-order valence-corrected chi connectivity index (χ2v) is 4.55. The summed E-state index contributed by atoms with van der Waals surface area (Å²) < 4.78 is 5.16. The molecule has 0 aliphatic rings. The summed E-state index contributed by atoms with van der Waals surface area (Å²) in [5.74, 6) is 0.884. The summed E-state index contributed by atoms with van der Waals surface area (Å²) in [6.45, 7) is 0. The molecule has 0 N–H and O–H groups in total. The van der Waals surface area contributed by atoms with Crippen LogP contribution in [-0.2, 0) is 6.42 Å². The number of hydrogen-bond acceptors (Lipinski definition) is 2. The van der Waals surface area contributed by atoms with Crippen LogP contribution in [0.3, 0.4) is 0 Å². The van der Waals surface area contributed by atoms with Gasteiger partial charge in [0.25, 0.3) is 0 Å². The number of pyridine rings is 1. The van der Waals surface area contributed by atoms with Crippen LogP contribution in [0.4, 0.5) is 0 Å². The highest BCUT2D eigenvalue weighted by atomic mass is 16.5. The molecule has 2 heteroatoms. The Bertz CT molecular complexity index is 689. The second kappa shape index (κ2) is 5.11. The van der Waals surface area contributed by atoms with E-state index in [-0.39, 0.29) is 0 Å². The molecule has 2 aromatic carbocycles. The molecular formula is C17H15NO. The molecule has 0 radical (unpaired) electrons. The smallest absolute Gasteiger partial charge is 0.118 e. The minimum absolute atomic E-state index is 0.842. The number of ether oxygens (including phenoxy) is 1. The van der Waals surface area contributed by atoms with E-state index in [4.69, 9.17) is 4.74 Å². The zero-order valence-electron chi connectivity index (χ0n) is 10.8. The fraction of sp³-hybridized carbons (Fsp3) is 0.118. The zero-order chi connectivity index (χ0) is 13.1. The van der Waals surface area contributed by atoms with Crippen molar-refractivity contribution in [3.63, 3.8) is 0 Å². The zero-order valence-corrected chi connectivity index (χ0v) is 10.8. The number of nitrogens with zero attached hydrogens (tertiary/aromatic N) is 1. The van der Waals surface area contributed by atoms with Gasteiger partial charge in [-0.25, -0.2) is 0 Å². The van der Waals surface area contributed by atoms with Crippen molar-refractivity contribution in [3.05, 3.63) is 72.1 Å². The lowest BCUT2D eigenvalue weighted by molar-refractivity contribution is 0.414. The van der Waals surface area contributed by atoms with E-state index in [1.165, 1.54) is 16.3 Å². The molecule has 0 bridgehead atoms. The Morgan fingerprint density at radius 1 is 0.947 bits per heavy atom. The molecule has 3 aromatic rings. The Hall–Kier alpha value is -2.35. The molecule has 1 heterocycles. The summed E-state index contributed by atoms with van der Waals surface area (Å²) in [6.07, 6.45) is 2.78. The van der Waals surface area contributed by atoms with E-state index in [9.17, 15) is 0 Å². The van der Waals surface area contributed by atoms with Crippen LogP contribution in [0.1, 0.15) is 11.3 Å². The first-order valence-corrected chi connectivity index (χ1v) is 6.32. The monoisotopic (exact) mass is 249 g/mol. The molecule has 0 amide bonds. The number of fused-ring (bicyclic) bond motifs is 1. The molecule has 0 aliphatic carbocycles. The molecule has 94 valence electrons. The van der Waals surface area contributed by atoms with Gasteiger partial charge < -0.3 is 4.74 Å². The van der Waals surface area contributed by atoms with Crippen LogP contribution < -0.4 is 4.74 Å². The Labute approximate surface area is 112 Å². The van der Waals surface area contributed by atoms with Gasteiger partial charge in [0, 0.05) is 23.7 Å². The summed E-state index contributed by atoms with van der Waals surface area (Å²) in [7, 11) is 1.68. The van der Waals surface area contributed by atoms with E-state index in [1.807, 2.05) is 24.4 Å². The van der Waals surface area contributed by atoms with Gasteiger partial charge in [-0.15, -0.1) is 0 Å². The van der Waals surface area contributed by atoms with Crippen LogP contribution in [0.25, 0.3) is 10.8 Å². The Morgan fingerprint density at radius 3 is 2.42 bits per heavy atom. The predicted octanol–water partition coefficient (Wildman–Crippen LogP) is 3.83. The van der Waals surface area contributed by atoms with Gasteiger partial charge in [0.15, 0.2) is 0 Å². The molecule has 1 aromatic heterocycles. The van der Waals surface area contributed by atoms with Crippen molar-refractivity contribution in [1.82, 2.24) is 4.98 Å². The quantitative estimate of drug-likeness (QED) is 0.703. The SMILES string of the molecule is COc1ccc(Cc2cc3ccccc3cn2)cc1. The molecule has 0 saturated heterocycles. The molecule has 3 rings (SSSR count). The van der Waals surface area contributed by atoms with Crippen LogP contribution in [0, 0.1) is 0 Å². The molecule has 0 fully saturated rings. The number of benzene rings is 2. The first kappa shape index (κ1) is 11.7. The molecule has 2 nitrogen and oxygen atoms in total. The first-order valence-electron chi connectivity index (χ1n) is 6.32. The normalized spacial score (nSPS) is 10.6. The maximum absolute atomic E-state index is 5.16. The number of aromatic nitrogens is 1. The average Bonchev–Trinajstić information content (AvgIpc) is 2.48. The summed E-state index contributed by atoms with van der Waals surface area (Å²) in [5.41, 5.74) is 2.33. The average molecular weight is 249 g/mol. The molecule has 0 saturated carbocycles. The number of methoxy groups -OCH3 is 1. The van der Waals surface area contributed by atoms with E-state index in [1.54, 1.807) is 7.11 Å². The maximum atomic E-state index is 5.16. The molecule has 19 heavy (non-hydrogen) atoms. The minimum Gasteiger partial charge on any atom is -0.497 e. The van der Waals surface area contributed by atoms with Crippen LogP contribution in [0.2, 0.25) is 0 Å². The number of hydrogen-bond donors (Lipinski definition) is 0. The third kappa shape index (κ3) is 2.58. The van der Waals surface area contributed by atoms with Gasteiger partial charge in [-0.05, 0) is 29.1 Å². The summed E-state index contributed by atoms with van der Waals surface area (Å²) in [6, 6.07) is 18.6. The molecule has 0 unspecified atom stereocenters. The third-order valence-corrected chi connectivity index (χ3v) is 3.23. The van der Waals surface area contributed by atoms with Gasteiger partial charge in [0.2, 0.25) is 0 Å². The Kier molecular flexibility index (Phi) is 3.15. The van der Waals surface area contributed by atoms with E-state index >= 15 is 0 Å². The van der Waals surface area contributed by atoms with Gasteiger partial charge in [-0.3, -0.25) is 4.98 Å². The van der Waals surface area contributed by atoms with Crippen LogP contribution >= 0.6 is 0 Å². The predicted molar refractivity (Wildman–Crippen MR) is 77.5 cm³/mol. The van der Waals surface area contributed by atoms with Crippen molar-refractivity contribution >= 4 is 10.8 Å². The first-order chi connectivity index (χ1) is 9.35. The van der Waals surface area contributed by atoms with Gasteiger partial charge in [-0.1, -0.05) is 36.4 Å². The molecule has 0 aliphatic heterocycles. The maximum Gasteiger partial charge on any atom is 0.118 e. The lowest BCUT2D eigenvalue weighted by atomic mass is 10.1. The van der Waals surface area contributed by atoms with Crippen LogP contribution in [0.5, 0.6) is 5.75 Å². The van der Waals surface area contributed by atoms with Crippen molar-refractivity contribution in [1.29, 1.82) is 0 Å². The Balaban J connectivity index is 1.87. The summed E-state index contributed by atoms with van der Waals surface area (Å²) >= 11 is 0. The van der Waals surface area contributed by atoms with Crippen molar-refractivity contribution in [2.24, 2.45) is 0 Å². The summed E-state index contributed by atoms with van der Waals surface area (Å²) in [5, 5.41) is 2.42. The standard InChI is InChI=1S/C17H15NO/c1-19-17-8-6-13(7-9-17)10-16-11-14-4-2-3-5-15(14)12-18-16/h2-9,11-12H,10H2,1H3. The highest BCUT2D eigenvalue weighted by molar-refractivity contribution is 5.81. The fourth-order valence-corrected chi connectivity index (χ4v) is 2.18. The Morgan fingerprint density at radius 2 is 1.68 bits per heavy atom. The minimum atomic E-state index is 0.842. The lowest BCUT2D eigenvalue weighted by Gasteiger charge is -2.04.